The van der Waals surface area contributed by atoms with E-state index in [1.807, 2.05) is 13.8 Å². The van der Waals surface area contributed by atoms with Crippen LogP contribution in [0.3, 0.4) is 0 Å². The summed E-state index contributed by atoms with van der Waals surface area (Å²) in [6.45, 7) is 5.43. The van der Waals surface area contributed by atoms with Gasteiger partial charge in [-0.05, 0) is 49.2 Å². The lowest BCUT2D eigenvalue weighted by atomic mass is 10.1. The predicted molar refractivity (Wildman–Crippen MR) is 109 cm³/mol. The van der Waals surface area contributed by atoms with E-state index >= 15 is 0 Å². The molecule has 1 N–H and O–H groups in total. The molecule has 6 heteroatoms. The van der Waals surface area contributed by atoms with E-state index in [0.717, 1.165) is 12.8 Å². The van der Waals surface area contributed by atoms with Crippen LogP contribution < -0.4 is 5.32 Å². The molecule has 0 aliphatic carbocycles. The smallest absolute Gasteiger partial charge is 0.337 e. The number of benzene rings is 2. The summed E-state index contributed by atoms with van der Waals surface area (Å²) in [6.07, 6.45) is 1.75. The quantitative estimate of drug-likeness (QED) is 0.701. The number of amides is 2. The van der Waals surface area contributed by atoms with Crippen molar-refractivity contribution in [3.05, 3.63) is 65.2 Å². The molecule has 0 saturated carbocycles. The highest BCUT2D eigenvalue weighted by Gasteiger charge is 2.16. The molecule has 2 rings (SSSR count). The predicted octanol–water partition coefficient (Wildman–Crippen LogP) is 3.99. The molecule has 2 aromatic carbocycles. The monoisotopic (exact) mass is 382 g/mol. The summed E-state index contributed by atoms with van der Waals surface area (Å²) < 4.78 is 4.69. The number of methoxy groups -OCH3 is 1. The normalized spacial score (nSPS) is 10.2. The van der Waals surface area contributed by atoms with Gasteiger partial charge in [0, 0.05) is 29.9 Å². The number of rotatable bonds is 8. The van der Waals surface area contributed by atoms with Crippen molar-refractivity contribution in [1.29, 1.82) is 0 Å². The van der Waals surface area contributed by atoms with Gasteiger partial charge in [-0.3, -0.25) is 9.59 Å². The van der Waals surface area contributed by atoms with Crippen molar-refractivity contribution in [2.24, 2.45) is 0 Å². The number of carbonyl (C=O) groups excluding carboxylic acids is 3. The second kappa shape index (κ2) is 10.3. The molecular weight excluding hydrogens is 356 g/mol. The number of anilines is 1. The average Bonchev–Trinajstić information content (AvgIpc) is 2.72. The Kier molecular flexibility index (Phi) is 7.75. The van der Waals surface area contributed by atoms with Crippen molar-refractivity contribution in [2.75, 3.05) is 25.5 Å². The number of carbonyl (C=O) groups is 3. The maximum atomic E-state index is 12.8. The number of hydrogen-bond donors (Lipinski definition) is 1. The Morgan fingerprint density at radius 3 is 2.14 bits per heavy atom. The molecule has 0 heterocycles. The first kappa shape index (κ1) is 21.2. The van der Waals surface area contributed by atoms with Gasteiger partial charge in [-0.2, -0.15) is 0 Å². The van der Waals surface area contributed by atoms with E-state index in [1.165, 1.54) is 7.11 Å². The van der Waals surface area contributed by atoms with Crippen LogP contribution in [-0.4, -0.2) is 42.9 Å². The van der Waals surface area contributed by atoms with Crippen molar-refractivity contribution in [1.82, 2.24) is 4.90 Å². The Labute approximate surface area is 165 Å². The molecule has 0 radical (unpaired) electrons. The summed E-state index contributed by atoms with van der Waals surface area (Å²) in [5.74, 6) is -0.907. The first-order valence-electron chi connectivity index (χ1n) is 9.39. The first-order valence-corrected chi connectivity index (χ1v) is 9.39. The molecule has 0 aliphatic rings. The van der Waals surface area contributed by atoms with Gasteiger partial charge in [-0.1, -0.05) is 26.0 Å². The van der Waals surface area contributed by atoms with Gasteiger partial charge in [0.2, 0.25) is 0 Å². The molecule has 0 fully saturated rings. The fourth-order valence-corrected chi connectivity index (χ4v) is 2.88. The van der Waals surface area contributed by atoms with E-state index in [9.17, 15) is 14.4 Å². The van der Waals surface area contributed by atoms with Crippen LogP contribution in [0.4, 0.5) is 5.69 Å². The van der Waals surface area contributed by atoms with Gasteiger partial charge in [0.25, 0.3) is 11.8 Å². The van der Waals surface area contributed by atoms with Crippen LogP contribution in [0.2, 0.25) is 0 Å². The fourth-order valence-electron chi connectivity index (χ4n) is 2.88. The lowest BCUT2D eigenvalue weighted by Crippen LogP contribution is -2.32. The minimum atomic E-state index is -0.476. The number of hydrogen-bond acceptors (Lipinski definition) is 4. The van der Waals surface area contributed by atoms with Gasteiger partial charge in [0.15, 0.2) is 0 Å². The second-order valence-electron chi connectivity index (χ2n) is 6.40. The lowest BCUT2D eigenvalue weighted by molar-refractivity contribution is 0.0600. The maximum absolute atomic E-state index is 12.8. The zero-order chi connectivity index (χ0) is 20.5. The summed E-state index contributed by atoms with van der Waals surface area (Å²) in [5, 5.41) is 2.75. The number of nitrogens with one attached hydrogen (secondary N) is 1. The van der Waals surface area contributed by atoms with Crippen LogP contribution in [0.1, 0.15) is 57.8 Å². The average molecular weight is 382 g/mol. The van der Waals surface area contributed by atoms with E-state index in [4.69, 9.17) is 4.74 Å². The van der Waals surface area contributed by atoms with Crippen LogP contribution >= 0.6 is 0 Å². The summed E-state index contributed by atoms with van der Waals surface area (Å²) in [6, 6.07) is 13.2. The van der Waals surface area contributed by atoms with Crippen molar-refractivity contribution >= 4 is 23.5 Å². The Bertz CT molecular complexity index is 842. The molecule has 0 aliphatic heterocycles. The maximum Gasteiger partial charge on any atom is 0.337 e. The van der Waals surface area contributed by atoms with Gasteiger partial charge in [0.05, 0.1) is 12.7 Å². The third-order valence-electron chi connectivity index (χ3n) is 4.19. The molecule has 0 spiro atoms. The van der Waals surface area contributed by atoms with Gasteiger partial charge in [-0.15, -0.1) is 0 Å². The van der Waals surface area contributed by atoms with Gasteiger partial charge >= 0.3 is 5.97 Å². The van der Waals surface area contributed by atoms with E-state index in [2.05, 4.69) is 5.32 Å². The minimum absolute atomic E-state index is 0.0777. The van der Waals surface area contributed by atoms with Crippen LogP contribution in [-0.2, 0) is 4.74 Å². The Hall–Kier alpha value is -3.15. The SMILES string of the molecule is CCCN(CCC)C(=O)c1cccc(C(=O)Nc2cccc(C(=O)OC)c2)c1. The topological polar surface area (TPSA) is 75.7 Å². The van der Waals surface area contributed by atoms with E-state index in [-0.39, 0.29) is 11.8 Å². The Morgan fingerprint density at radius 2 is 1.50 bits per heavy atom. The van der Waals surface area contributed by atoms with Crippen LogP contribution in [0.15, 0.2) is 48.5 Å². The summed E-state index contributed by atoms with van der Waals surface area (Å²) in [7, 11) is 1.30. The number of nitrogens with zero attached hydrogens (tertiary/aromatic N) is 1. The highest BCUT2D eigenvalue weighted by atomic mass is 16.5. The molecule has 2 aromatic rings. The molecule has 2 amide bonds. The van der Waals surface area contributed by atoms with Crippen LogP contribution in [0.25, 0.3) is 0 Å². The first-order chi connectivity index (χ1) is 13.5. The molecule has 0 saturated heterocycles. The van der Waals surface area contributed by atoms with Gasteiger partial charge in [0.1, 0.15) is 0 Å². The van der Waals surface area contributed by atoms with Crippen LogP contribution in [0, 0.1) is 0 Å². The summed E-state index contributed by atoms with van der Waals surface area (Å²) >= 11 is 0. The third kappa shape index (κ3) is 5.42. The summed E-state index contributed by atoms with van der Waals surface area (Å²) in [4.78, 5) is 38.8. The highest BCUT2D eigenvalue weighted by Crippen LogP contribution is 2.15. The zero-order valence-corrected chi connectivity index (χ0v) is 16.5. The van der Waals surface area contributed by atoms with Crippen molar-refractivity contribution < 1.29 is 19.1 Å². The van der Waals surface area contributed by atoms with Crippen molar-refractivity contribution in [2.45, 2.75) is 26.7 Å². The molecular formula is C22H26N2O4. The molecule has 0 aromatic heterocycles. The third-order valence-corrected chi connectivity index (χ3v) is 4.19. The van der Waals surface area contributed by atoms with Crippen molar-refractivity contribution in [3.8, 4) is 0 Å². The molecule has 0 atom stereocenters. The molecule has 148 valence electrons. The van der Waals surface area contributed by atoms with Gasteiger partial charge in [-0.25, -0.2) is 4.79 Å². The van der Waals surface area contributed by atoms with Crippen LogP contribution in [0.5, 0.6) is 0 Å². The second-order valence-corrected chi connectivity index (χ2v) is 6.40. The summed E-state index contributed by atoms with van der Waals surface area (Å²) in [5.41, 5.74) is 1.68. The molecule has 0 unspecified atom stereocenters. The minimum Gasteiger partial charge on any atom is -0.465 e. The molecule has 6 nitrogen and oxygen atoms in total. The largest absolute Gasteiger partial charge is 0.465 e. The number of esters is 1. The Morgan fingerprint density at radius 1 is 0.893 bits per heavy atom. The standard InChI is InChI=1S/C22H26N2O4/c1-4-12-24(13-5-2)21(26)17-9-6-8-16(14-17)20(25)23-19-11-7-10-18(15-19)22(27)28-3/h6-11,14-15H,4-5,12-13H2,1-3H3,(H,23,25). The van der Waals surface area contributed by atoms with Crippen molar-refractivity contribution in [3.63, 3.8) is 0 Å². The zero-order valence-electron chi connectivity index (χ0n) is 16.5. The highest BCUT2D eigenvalue weighted by molar-refractivity contribution is 6.06. The Balaban J connectivity index is 2.18. The number of ether oxygens (including phenoxy) is 1. The van der Waals surface area contributed by atoms with Gasteiger partial charge < -0.3 is 15.0 Å². The molecule has 28 heavy (non-hydrogen) atoms. The fraction of sp³-hybridized carbons (Fsp3) is 0.318. The van der Waals surface area contributed by atoms with E-state index < -0.39 is 5.97 Å². The van der Waals surface area contributed by atoms with E-state index in [1.54, 1.807) is 53.4 Å². The lowest BCUT2D eigenvalue weighted by Gasteiger charge is -2.21. The molecule has 0 bridgehead atoms. The van der Waals surface area contributed by atoms with E-state index in [0.29, 0.717) is 35.5 Å².